The van der Waals surface area contributed by atoms with Gasteiger partial charge in [-0.05, 0) is 60.1 Å². The highest BCUT2D eigenvalue weighted by atomic mass is 32.2. The minimum absolute atomic E-state index is 0.0837. The van der Waals surface area contributed by atoms with Gasteiger partial charge in [0.05, 0.1) is 23.6 Å². The van der Waals surface area contributed by atoms with E-state index in [4.69, 9.17) is 0 Å². The molecule has 0 aliphatic heterocycles. The Bertz CT molecular complexity index is 1080. The summed E-state index contributed by atoms with van der Waals surface area (Å²) >= 11 is 2.52. The fourth-order valence-corrected chi connectivity index (χ4v) is 4.96. The number of rotatable bonds is 12. The van der Waals surface area contributed by atoms with Crippen molar-refractivity contribution in [1.82, 2.24) is 20.2 Å². The van der Waals surface area contributed by atoms with Crippen LogP contribution in [0.2, 0.25) is 0 Å². The van der Waals surface area contributed by atoms with E-state index in [0.29, 0.717) is 12.1 Å². The Balaban J connectivity index is 1.62. The number of aliphatic hydroxyl groups excluding tert-OH is 1. The Hall–Kier alpha value is -2.40. The number of amides is 1. The predicted octanol–water partition coefficient (Wildman–Crippen LogP) is 3.66. The number of carbonyl (C=O) groups excluding carboxylic acids is 1. The molecule has 0 saturated carbocycles. The predicted molar refractivity (Wildman–Crippen MR) is 131 cm³/mol. The highest BCUT2D eigenvalue weighted by molar-refractivity contribution is 8.01. The summed E-state index contributed by atoms with van der Waals surface area (Å²) in [5.41, 5.74) is 3.42. The van der Waals surface area contributed by atoms with Gasteiger partial charge in [-0.25, -0.2) is 8.78 Å². The molecule has 1 heterocycles. The Morgan fingerprint density at radius 2 is 1.88 bits per heavy atom. The van der Waals surface area contributed by atoms with Crippen molar-refractivity contribution in [3.63, 3.8) is 0 Å². The summed E-state index contributed by atoms with van der Waals surface area (Å²) in [6.45, 7) is 4.65. The van der Waals surface area contributed by atoms with Crippen LogP contribution in [0, 0.1) is 18.6 Å². The SMILES string of the molecule is CCc1cccc(CNCC(O)C(Cc2cc(F)cc(F)c2)NC(=O)CSc2snnc2C)c1. The van der Waals surface area contributed by atoms with Crippen molar-refractivity contribution >= 4 is 29.2 Å². The van der Waals surface area contributed by atoms with Gasteiger partial charge in [-0.1, -0.05) is 35.7 Å². The number of nitrogens with one attached hydrogen (secondary N) is 2. The molecule has 10 heteroatoms. The number of aliphatic hydroxyl groups is 1. The zero-order valence-electron chi connectivity index (χ0n) is 19.1. The Labute approximate surface area is 206 Å². The van der Waals surface area contributed by atoms with Crippen LogP contribution in [0.15, 0.2) is 46.7 Å². The number of aromatic nitrogens is 2. The number of benzene rings is 2. The fraction of sp³-hybridized carbons (Fsp3) is 0.375. The van der Waals surface area contributed by atoms with Crippen molar-refractivity contribution in [1.29, 1.82) is 0 Å². The molecule has 34 heavy (non-hydrogen) atoms. The monoisotopic (exact) mass is 506 g/mol. The number of carbonyl (C=O) groups is 1. The summed E-state index contributed by atoms with van der Waals surface area (Å²) in [6, 6.07) is 10.6. The molecule has 0 aliphatic rings. The third-order valence-corrected chi connectivity index (χ3v) is 7.38. The highest BCUT2D eigenvalue weighted by Crippen LogP contribution is 2.24. The standard InChI is InChI=1S/C24H28F2N4O2S2/c1-3-16-5-4-6-17(7-16)12-27-13-22(31)21(10-18-8-19(25)11-20(26)9-18)28-23(32)14-33-24-15(2)29-30-34-24/h4-9,11,21-22,27,31H,3,10,12-14H2,1-2H3,(H,28,32). The third-order valence-electron chi connectivity index (χ3n) is 5.22. The molecule has 1 amide bonds. The van der Waals surface area contributed by atoms with Gasteiger partial charge in [-0.15, -0.1) is 16.9 Å². The maximum atomic E-state index is 13.7. The quantitative estimate of drug-likeness (QED) is 0.325. The van der Waals surface area contributed by atoms with Crippen LogP contribution in [0.4, 0.5) is 8.78 Å². The first-order valence-corrected chi connectivity index (χ1v) is 12.7. The maximum Gasteiger partial charge on any atom is 0.230 e. The molecule has 3 aromatic rings. The van der Waals surface area contributed by atoms with E-state index in [2.05, 4.69) is 39.3 Å². The number of halogens is 2. The van der Waals surface area contributed by atoms with E-state index in [1.165, 1.54) is 41.0 Å². The van der Waals surface area contributed by atoms with Crippen molar-refractivity contribution in [2.75, 3.05) is 12.3 Å². The molecule has 3 N–H and O–H groups in total. The molecular weight excluding hydrogens is 478 g/mol. The molecule has 0 radical (unpaired) electrons. The topological polar surface area (TPSA) is 87.1 Å². The first-order valence-electron chi connectivity index (χ1n) is 11.0. The summed E-state index contributed by atoms with van der Waals surface area (Å²) in [5.74, 6) is -1.59. The molecule has 0 aliphatic carbocycles. The van der Waals surface area contributed by atoms with E-state index in [-0.39, 0.29) is 24.6 Å². The molecule has 0 fully saturated rings. The lowest BCUT2D eigenvalue weighted by Crippen LogP contribution is -2.49. The van der Waals surface area contributed by atoms with Gasteiger partial charge in [0.2, 0.25) is 5.91 Å². The van der Waals surface area contributed by atoms with Gasteiger partial charge in [0.15, 0.2) is 0 Å². The first-order chi connectivity index (χ1) is 16.3. The maximum absolute atomic E-state index is 13.7. The number of hydrogen-bond acceptors (Lipinski definition) is 7. The van der Waals surface area contributed by atoms with Crippen molar-refractivity contribution in [2.24, 2.45) is 0 Å². The molecular formula is C24H28F2N4O2S2. The van der Waals surface area contributed by atoms with Crippen LogP contribution in [-0.2, 0) is 24.2 Å². The molecule has 2 atom stereocenters. The van der Waals surface area contributed by atoms with Crippen molar-refractivity contribution in [3.8, 4) is 0 Å². The number of nitrogens with zero attached hydrogens (tertiary/aromatic N) is 2. The van der Waals surface area contributed by atoms with Crippen LogP contribution in [0.3, 0.4) is 0 Å². The number of aryl methyl sites for hydroxylation is 2. The van der Waals surface area contributed by atoms with Gasteiger partial charge in [-0.3, -0.25) is 4.79 Å². The summed E-state index contributed by atoms with van der Waals surface area (Å²) in [5, 5.41) is 20.8. The minimum Gasteiger partial charge on any atom is -0.390 e. The second kappa shape index (κ2) is 12.9. The van der Waals surface area contributed by atoms with Crippen LogP contribution in [0.1, 0.15) is 29.3 Å². The molecule has 3 rings (SSSR count). The second-order valence-electron chi connectivity index (χ2n) is 7.96. The van der Waals surface area contributed by atoms with Crippen LogP contribution in [0.25, 0.3) is 0 Å². The number of hydrogen-bond donors (Lipinski definition) is 3. The Morgan fingerprint density at radius 3 is 2.56 bits per heavy atom. The van der Waals surface area contributed by atoms with E-state index in [1.54, 1.807) is 0 Å². The van der Waals surface area contributed by atoms with Gasteiger partial charge >= 0.3 is 0 Å². The van der Waals surface area contributed by atoms with E-state index in [9.17, 15) is 18.7 Å². The summed E-state index contributed by atoms with van der Waals surface area (Å²) in [6.07, 6.45) is 0.0473. The van der Waals surface area contributed by atoms with Gasteiger partial charge in [-0.2, -0.15) is 0 Å². The van der Waals surface area contributed by atoms with Gasteiger partial charge in [0.1, 0.15) is 15.8 Å². The lowest BCUT2D eigenvalue weighted by atomic mass is 10.0. The van der Waals surface area contributed by atoms with Crippen LogP contribution >= 0.6 is 23.3 Å². The highest BCUT2D eigenvalue weighted by Gasteiger charge is 2.23. The van der Waals surface area contributed by atoms with Gasteiger partial charge < -0.3 is 15.7 Å². The largest absolute Gasteiger partial charge is 0.390 e. The van der Waals surface area contributed by atoms with Crippen molar-refractivity contribution in [3.05, 3.63) is 76.5 Å². The molecule has 0 saturated heterocycles. The normalized spacial score (nSPS) is 13.0. The van der Waals surface area contributed by atoms with Crippen molar-refractivity contribution in [2.45, 2.75) is 49.6 Å². The zero-order chi connectivity index (χ0) is 24.5. The third kappa shape index (κ3) is 8.12. The number of thioether (sulfide) groups is 1. The molecule has 2 unspecified atom stereocenters. The lowest BCUT2D eigenvalue weighted by Gasteiger charge is -2.25. The second-order valence-corrected chi connectivity index (χ2v) is 9.96. The van der Waals surface area contributed by atoms with Gasteiger partial charge in [0.25, 0.3) is 0 Å². The molecule has 0 bridgehead atoms. The average Bonchev–Trinajstić information content (AvgIpc) is 3.21. The molecule has 1 aromatic heterocycles. The lowest BCUT2D eigenvalue weighted by molar-refractivity contribution is -0.120. The molecule has 2 aromatic carbocycles. The summed E-state index contributed by atoms with van der Waals surface area (Å²) < 4.78 is 32.1. The van der Waals surface area contributed by atoms with Crippen LogP contribution < -0.4 is 10.6 Å². The van der Waals surface area contributed by atoms with Crippen LogP contribution in [0.5, 0.6) is 0 Å². The molecule has 6 nitrogen and oxygen atoms in total. The Morgan fingerprint density at radius 1 is 1.15 bits per heavy atom. The smallest absolute Gasteiger partial charge is 0.230 e. The van der Waals surface area contributed by atoms with Crippen molar-refractivity contribution < 1.29 is 18.7 Å². The summed E-state index contributed by atoms with van der Waals surface area (Å²) in [4.78, 5) is 12.6. The van der Waals surface area contributed by atoms with E-state index in [1.807, 2.05) is 19.1 Å². The first kappa shape index (κ1) is 26.2. The van der Waals surface area contributed by atoms with Gasteiger partial charge in [0, 0.05) is 19.2 Å². The van der Waals surface area contributed by atoms with E-state index < -0.39 is 23.8 Å². The minimum atomic E-state index is -0.971. The van der Waals surface area contributed by atoms with Crippen LogP contribution in [-0.4, -0.2) is 45.0 Å². The molecule has 0 spiro atoms. The zero-order valence-corrected chi connectivity index (χ0v) is 20.7. The van der Waals surface area contributed by atoms with E-state index in [0.717, 1.165) is 28.0 Å². The summed E-state index contributed by atoms with van der Waals surface area (Å²) in [7, 11) is 0. The Kier molecular flexibility index (Phi) is 9.94. The molecule has 182 valence electrons. The van der Waals surface area contributed by atoms with E-state index >= 15 is 0 Å². The average molecular weight is 507 g/mol. The fourth-order valence-electron chi connectivity index (χ4n) is 3.47.